The Morgan fingerprint density at radius 2 is 1.95 bits per heavy atom. The minimum Gasteiger partial charge on any atom is -0.338 e. The summed E-state index contributed by atoms with van der Waals surface area (Å²) in [7, 11) is 0. The highest BCUT2D eigenvalue weighted by atomic mass is 32.1. The zero-order valence-corrected chi connectivity index (χ0v) is 21.4. The lowest BCUT2D eigenvalue weighted by Gasteiger charge is -2.20. The number of pyridine rings is 3. The second-order valence-corrected chi connectivity index (χ2v) is 10.5. The molecule has 8 nitrogen and oxygen atoms in total. The normalized spacial score (nSPS) is 14.3. The predicted molar refractivity (Wildman–Crippen MR) is 151 cm³/mol. The van der Waals surface area contributed by atoms with Crippen molar-refractivity contribution in [3.05, 3.63) is 65.7 Å². The summed E-state index contributed by atoms with van der Waals surface area (Å²) in [5.41, 5.74) is 8.55. The average molecular weight is 520 g/mol. The maximum Gasteiger partial charge on any atom is 0.227 e. The molecule has 1 fully saturated rings. The second kappa shape index (κ2) is 9.50. The van der Waals surface area contributed by atoms with Crippen molar-refractivity contribution in [2.45, 2.75) is 32.1 Å². The van der Waals surface area contributed by atoms with Gasteiger partial charge < -0.3 is 10.3 Å². The van der Waals surface area contributed by atoms with Gasteiger partial charge in [-0.25, -0.2) is 9.97 Å². The van der Waals surface area contributed by atoms with Gasteiger partial charge in [0.1, 0.15) is 16.9 Å². The number of nitrogens with zero attached hydrogens (tertiary/aromatic N) is 4. The Morgan fingerprint density at radius 3 is 2.82 bits per heavy atom. The number of amides is 1. The van der Waals surface area contributed by atoms with Gasteiger partial charge in [0.25, 0.3) is 0 Å². The summed E-state index contributed by atoms with van der Waals surface area (Å²) in [4.78, 5) is 30.0. The Balaban J connectivity index is 1.23. The molecule has 1 aliphatic rings. The SMILES string of the molecule is O=C(Nc1cncc(-c2ccc3[nH]nc(-c4cc5c(-c6ccsc6)ccnc5[nH]4)c3n2)c1)C1CCCCC1. The van der Waals surface area contributed by atoms with E-state index in [1.165, 1.54) is 12.0 Å². The first-order valence-electron chi connectivity index (χ1n) is 12.8. The minimum absolute atomic E-state index is 0.0819. The molecule has 0 spiro atoms. The zero-order chi connectivity index (χ0) is 25.5. The van der Waals surface area contributed by atoms with Gasteiger partial charge in [-0.2, -0.15) is 16.4 Å². The Kier molecular flexibility index (Phi) is 5.70. The molecule has 0 aromatic carbocycles. The van der Waals surface area contributed by atoms with E-state index in [-0.39, 0.29) is 11.8 Å². The molecule has 0 bridgehead atoms. The van der Waals surface area contributed by atoms with Crippen LogP contribution in [-0.4, -0.2) is 36.0 Å². The number of fused-ring (bicyclic) bond motifs is 2. The standard InChI is InChI=1S/C29H25N7OS/c37-29(17-4-2-1-3-5-17)32-20-12-19(14-30-15-20)23-6-7-24-26(33-23)27(36-35-24)25-13-22-21(18-9-11-38-16-18)8-10-31-28(22)34-25/h6-17H,1-5H2,(H,31,34)(H,32,37)(H,35,36). The van der Waals surface area contributed by atoms with Gasteiger partial charge in [0.05, 0.1) is 28.8 Å². The zero-order valence-electron chi connectivity index (χ0n) is 20.6. The first-order chi connectivity index (χ1) is 18.7. The molecule has 0 aliphatic heterocycles. The fraction of sp³-hybridized carbons (Fsp3) is 0.207. The Morgan fingerprint density at radius 1 is 1.03 bits per heavy atom. The Labute approximate surface area is 222 Å². The number of aromatic nitrogens is 6. The highest BCUT2D eigenvalue weighted by molar-refractivity contribution is 7.08. The van der Waals surface area contributed by atoms with Gasteiger partial charge >= 0.3 is 0 Å². The van der Waals surface area contributed by atoms with E-state index in [1.54, 1.807) is 23.7 Å². The number of thiophene rings is 1. The topological polar surface area (TPSA) is 112 Å². The summed E-state index contributed by atoms with van der Waals surface area (Å²) in [6, 6.07) is 12.1. The lowest BCUT2D eigenvalue weighted by molar-refractivity contribution is -0.120. The smallest absolute Gasteiger partial charge is 0.227 e. The Hall–Kier alpha value is -4.37. The van der Waals surface area contributed by atoms with Gasteiger partial charge in [-0.05, 0) is 71.1 Å². The molecular formula is C29H25N7OS. The van der Waals surface area contributed by atoms with Crippen molar-refractivity contribution < 1.29 is 4.79 Å². The van der Waals surface area contributed by atoms with Crippen LogP contribution in [0.3, 0.4) is 0 Å². The van der Waals surface area contributed by atoms with E-state index in [2.05, 4.69) is 53.4 Å². The highest BCUT2D eigenvalue weighted by Crippen LogP contribution is 2.34. The molecule has 1 saturated carbocycles. The number of carbonyl (C=O) groups excluding carboxylic acids is 1. The van der Waals surface area contributed by atoms with Crippen molar-refractivity contribution in [2.24, 2.45) is 5.92 Å². The molecule has 188 valence electrons. The van der Waals surface area contributed by atoms with Crippen LogP contribution in [0.5, 0.6) is 0 Å². The molecular weight excluding hydrogens is 494 g/mol. The van der Waals surface area contributed by atoms with E-state index < -0.39 is 0 Å². The number of aromatic amines is 2. The van der Waals surface area contributed by atoms with Crippen molar-refractivity contribution in [1.29, 1.82) is 0 Å². The Bertz CT molecular complexity index is 1760. The molecule has 0 saturated heterocycles. The van der Waals surface area contributed by atoms with Crippen molar-refractivity contribution in [2.75, 3.05) is 5.32 Å². The van der Waals surface area contributed by atoms with Crippen molar-refractivity contribution >= 4 is 45.0 Å². The van der Waals surface area contributed by atoms with Crippen molar-refractivity contribution in [3.63, 3.8) is 0 Å². The molecule has 1 aliphatic carbocycles. The molecule has 6 aromatic rings. The maximum absolute atomic E-state index is 12.8. The van der Waals surface area contributed by atoms with Crippen LogP contribution in [0.1, 0.15) is 32.1 Å². The molecule has 0 unspecified atom stereocenters. The molecule has 6 aromatic heterocycles. The highest BCUT2D eigenvalue weighted by Gasteiger charge is 2.21. The van der Waals surface area contributed by atoms with E-state index in [0.29, 0.717) is 5.69 Å². The number of anilines is 1. The molecule has 7 rings (SSSR count). The van der Waals surface area contributed by atoms with Crippen LogP contribution in [0.25, 0.3) is 55.8 Å². The predicted octanol–water partition coefficient (Wildman–Crippen LogP) is 6.81. The molecule has 38 heavy (non-hydrogen) atoms. The first-order valence-corrected chi connectivity index (χ1v) is 13.8. The number of H-pyrrole nitrogens is 2. The molecule has 6 heterocycles. The third kappa shape index (κ3) is 4.14. The van der Waals surface area contributed by atoms with Crippen molar-refractivity contribution in [3.8, 4) is 33.8 Å². The van der Waals surface area contributed by atoms with E-state index in [4.69, 9.17) is 4.98 Å². The third-order valence-electron chi connectivity index (χ3n) is 7.30. The summed E-state index contributed by atoms with van der Waals surface area (Å²) >= 11 is 1.67. The van der Waals surface area contributed by atoms with Crippen molar-refractivity contribution in [1.82, 2.24) is 30.1 Å². The minimum atomic E-state index is 0.0819. The molecule has 0 atom stereocenters. The summed E-state index contributed by atoms with van der Waals surface area (Å²) in [5, 5.41) is 16.0. The van der Waals surface area contributed by atoms with E-state index in [0.717, 1.165) is 76.0 Å². The number of nitrogens with one attached hydrogen (secondary N) is 3. The lowest BCUT2D eigenvalue weighted by Crippen LogP contribution is -2.24. The quantitative estimate of drug-likeness (QED) is 0.232. The fourth-order valence-electron chi connectivity index (χ4n) is 5.33. The van der Waals surface area contributed by atoms with E-state index in [9.17, 15) is 4.79 Å². The van der Waals surface area contributed by atoms with Gasteiger partial charge in [0.2, 0.25) is 5.91 Å². The number of carbonyl (C=O) groups is 1. The monoisotopic (exact) mass is 519 g/mol. The summed E-state index contributed by atoms with van der Waals surface area (Å²) in [5.74, 6) is 0.167. The van der Waals surface area contributed by atoms with Crippen LogP contribution < -0.4 is 5.32 Å². The largest absolute Gasteiger partial charge is 0.338 e. The second-order valence-electron chi connectivity index (χ2n) is 9.77. The van der Waals surface area contributed by atoms with Crippen LogP contribution in [-0.2, 0) is 4.79 Å². The first kappa shape index (κ1) is 22.8. The van der Waals surface area contributed by atoms with E-state index in [1.807, 2.05) is 30.5 Å². The number of hydrogen-bond acceptors (Lipinski definition) is 6. The molecule has 1 amide bonds. The van der Waals surface area contributed by atoms with Crippen LogP contribution >= 0.6 is 11.3 Å². The summed E-state index contributed by atoms with van der Waals surface area (Å²) in [6.07, 6.45) is 10.7. The van der Waals surface area contributed by atoms with E-state index >= 15 is 0 Å². The number of hydrogen-bond donors (Lipinski definition) is 3. The van der Waals surface area contributed by atoms with Gasteiger partial charge in [-0.1, -0.05) is 19.3 Å². The van der Waals surface area contributed by atoms with Crippen LogP contribution in [0.4, 0.5) is 5.69 Å². The summed E-state index contributed by atoms with van der Waals surface area (Å²) < 4.78 is 0. The van der Waals surface area contributed by atoms with Crippen LogP contribution in [0.2, 0.25) is 0 Å². The lowest BCUT2D eigenvalue weighted by atomic mass is 9.88. The van der Waals surface area contributed by atoms with Crippen LogP contribution in [0.15, 0.2) is 65.7 Å². The summed E-state index contributed by atoms with van der Waals surface area (Å²) in [6.45, 7) is 0. The molecule has 0 radical (unpaired) electrons. The van der Waals surface area contributed by atoms with Gasteiger partial charge in [0.15, 0.2) is 0 Å². The number of rotatable bonds is 5. The fourth-order valence-corrected chi connectivity index (χ4v) is 5.98. The van der Waals surface area contributed by atoms with Gasteiger partial charge in [-0.3, -0.25) is 14.9 Å². The molecule has 9 heteroatoms. The molecule has 3 N–H and O–H groups in total. The van der Waals surface area contributed by atoms with Gasteiger partial charge in [0, 0.05) is 29.3 Å². The average Bonchev–Trinajstić information content (AvgIpc) is 3.73. The van der Waals surface area contributed by atoms with Gasteiger partial charge in [-0.15, -0.1) is 0 Å². The third-order valence-corrected chi connectivity index (χ3v) is 7.99. The van der Waals surface area contributed by atoms with Crippen LogP contribution in [0, 0.1) is 5.92 Å². The maximum atomic E-state index is 12.8.